The molecule has 2 saturated heterocycles. The Balaban J connectivity index is 1.94. The lowest BCUT2D eigenvalue weighted by Gasteiger charge is -2.22. The first-order valence-corrected chi connectivity index (χ1v) is 8.73. The van der Waals surface area contributed by atoms with Gasteiger partial charge < -0.3 is 9.84 Å². The average Bonchev–Trinajstić information content (AvgIpc) is 3.06. The second-order valence-electron chi connectivity index (χ2n) is 5.89. The molecule has 0 aliphatic carbocycles. The smallest absolute Gasteiger partial charge is 0.308 e. The molecular formula is C15H19NO5S. The van der Waals surface area contributed by atoms with Crippen LogP contribution in [0.3, 0.4) is 0 Å². The second kappa shape index (κ2) is 5.64. The number of methoxy groups -OCH3 is 1. The van der Waals surface area contributed by atoms with E-state index >= 15 is 0 Å². The summed E-state index contributed by atoms with van der Waals surface area (Å²) in [5, 5.41) is 9.27. The molecule has 120 valence electrons. The number of nitrogens with zero attached hydrogens (tertiary/aromatic N) is 1. The zero-order valence-electron chi connectivity index (χ0n) is 12.3. The maximum atomic E-state index is 12.9. The lowest BCUT2D eigenvalue weighted by atomic mass is 9.89. The summed E-state index contributed by atoms with van der Waals surface area (Å²) >= 11 is 0. The zero-order valence-corrected chi connectivity index (χ0v) is 13.1. The van der Waals surface area contributed by atoms with Crippen molar-refractivity contribution in [3.63, 3.8) is 0 Å². The summed E-state index contributed by atoms with van der Waals surface area (Å²) in [6, 6.07) is 6.05. The molecule has 0 radical (unpaired) electrons. The van der Waals surface area contributed by atoms with E-state index in [4.69, 9.17) is 4.74 Å². The lowest BCUT2D eigenvalue weighted by Crippen LogP contribution is -2.37. The largest absolute Gasteiger partial charge is 0.481 e. The Morgan fingerprint density at radius 2 is 2.18 bits per heavy atom. The number of carboxylic acid groups (broad SMARTS) is 1. The van der Waals surface area contributed by atoms with Crippen molar-refractivity contribution in [3.05, 3.63) is 29.8 Å². The number of carboxylic acids is 1. The maximum absolute atomic E-state index is 12.9. The third-order valence-electron chi connectivity index (χ3n) is 4.57. The van der Waals surface area contributed by atoms with E-state index in [0.717, 1.165) is 12.0 Å². The van der Waals surface area contributed by atoms with Crippen LogP contribution in [0.15, 0.2) is 29.2 Å². The van der Waals surface area contributed by atoms with Gasteiger partial charge in [0.25, 0.3) is 0 Å². The molecule has 7 heteroatoms. The summed E-state index contributed by atoms with van der Waals surface area (Å²) in [5.74, 6) is -1.49. The third-order valence-corrected chi connectivity index (χ3v) is 6.55. The Bertz CT molecular complexity index is 687. The fourth-order valence-electron chi connectivity index (χ4n) is 3.66. The Labute approximate surface area is 129 Å². The Morgan fingerprint density at radius 1 is 1.41 bits per heavy atom. The lowest BCUT2D eigenvalue weighted by molar-refractivity contribution is -0.142. The van der Waals surface area contributed by atoms with Crippen LogP contribution in [0, 0.1) is 5.92 Å². The number of sulfonamides is 1. The minimum absolute atomic E-state index is 0.192. The van der Waals surface area contributed by atoms with Crippen molar-refractivity contribution >= 4 is 16.0 Å². The van der Waals surface area contributed by atoms with Crippen LogP contribution >= 0.6 is 0 Å². The molecule has 1 aromatic carbocycles. The molecule has 2 heterocycles. The summed E-state index contributed by atoms with van der Waals surface area (Å²) in [6.07, 6.45) is 1.78. The molecule has 2 fully saturated rings. The van der Waals surface area contributed by atoms with Crippen LogP contribution in [0.4, 0.5) is 0 Å². The van der Waals surface area contributed by atoms with Gasteiger partial charge in [-0.05, 0) is 37.0 Å². The first-order chi connectivity index (χ1) is 10.4. The molecule has 0 aromatic heterocycles. The maximum Gasteiger partial charge on any atom is 0.308 e. The predicted molar refractivity (Wildman–Crippen MR) is 78.7 cm³/mol. The number of benzene rings is 1. The van der Waals surface area contributed by atoms with E-state index in [1.807, 2.05) is 0 Å². The van der Waals surface area contributed by atoms with E-state index in [-0.39, 0.29) is 10.9 Å². The summed E-state index contributed by atoms with van der Waals surface area (Å²) in [6.45, 7) is 0.341. The normalized spacial score (nSPS) is 28.1. The van der Waals surface area contributed by atoms with Gasteiger partial charge in [0.05, 0.1) is 17.4 Å². The second-order valence-corrected chi connectivity index (χ2v) is 7.74. The molecule has 3 unspecified atom stereocenters. The summed E-state index contributed by atoms with van der Waals surface area (Å²) in [5.41, 5.74) is 0.782. The van der Waals surface area contributed by atoms with Crippen LogP contribution < -0.4 is 0 Å². The van der Waals surface area contributed by atoms with Gasteiger partial charge in [0.1, 0.15) is 0 Å². The number of aliphatic carboxylic acids is 1. The van der Waals surface area contributed by atoms with Gasteiger partial charge in [0, 0.05) is 19.2 Å². The van der Waals surface area contributed by atoms with Crippen molar-refractivity contribution in [1.82, 2.24) is 4.31 Å². The van der Waals surface area contributed by atoms with Gasteiger partial charge in [0.2, 0.25) is 10.0 Å². The van der Waals surface area contributed by atoms with E-state index in [2.05, 4.69) is 0 Å². The fraction of sp³-hybridized carbons (Fsp3) is 0.533. The number of hydrogen-bond donors (Lipinski definition) is 1. The minimum Gasteiger partial charge on any atom is -0.481 e. The Morgan fingerprint density at radius 3 is 2.82 bits per heavy atom. The molecule has 1 aromatic rings. The van der Waals surface area contributed by atoms with Gasteiger partial charge in [-0.15, -0.1) is 0 Å². The molecule has 2 aliphatic rings. The molecule has 2 aliphatic heterocycles. The average molecular weight is 325 g/mol. The minimum atomic E-state index is -3.67. The van der Waals surface area contributed by atoms with Gasteiger partial charge in [-0.3, -0.25) is 4.79 Å². The van der Waals surface area contributed by atoms with Crippen LogP contribution in [0.5, 0.6) is 0 Å². The number of rotatable bonds is 5. The molecule has 0 saturated carbocycles. The van der Waals surface area contributed by atoms with Gasteiger partial charge in [-0.25, -0.2) is 8.42 Å². The van der Waals surface area contributed by atoms with Gasteiger partial charge in [-0.2, -0.15) is 4.31 Å². The van der Waals surface area contributed by atoms with Gasteiger partial charge >= 0.3 is 5.97 Å². The predicted octanol–water partition coefficient (Wildman–Crippen LogP) is 1.46. The van der Waals surface area contributed by atoms with Crippen LogP contribution in [0.1, 0.15) is 24.8 Å². The number of carbonyl (C=O) groups is 1. The molecule has 3 atom stereocenters. The topological polar surface area (TPSA) is 83.9 Å². The van der Waals surface area contributed by atoms with Crippen LogP contribution in [0.25, 0.3) is 0 Å². The highest BCUT2D eigenvalue weighted by Gasteiger charge is 2.54. The van der Waals surface area contributed by atoms with Crippen LogP contribution in [0.2, 0.25) is 0 Å². The molecule has 22 heavy (non-hydrogen) atoms. The third kappa shape index (κ3) is 2.43. The molecular weight excluding hydrogens is 306 g/mol. The van der Waals surface area contributed by atoms with E-state index in [1.54, 1.807) is 31.4 Å². The monoisotopic (exact) mass is 325 g/mol. The standard InChI is InChI=1S/C15H19NO5S/c1-21-9-10-3-2-4-12(7-10)22(19,20)16-11-5-6-14(16)13(8-11)15(17)18/h2-4,7,11,13-14H,5-6,8-9H2,1H3,(H,17,18). The van der Waals surface area contributed by atoms with Crippen molar-refractivity contribution in [2.45, 2.75) is 42.8 Å². The van der Waals surface area contributed by atoms with E-state index in [0.29, 0.717) is 19.4 Å². The van der Waals surface area contributed by atoms with Crippen molar-refractivity contribution in [1.29, 1.82) is 0 Å². The van der Waals surface area contributed by atoms with E-state index in [1.165, 1.54) is 4.31 Å². The molecule has 0 spiro atoms. The fourth-order valence-corrected chi connectivity index (χ4v) is 5.65. The number of fused-ring (bicyclic) bond motifs is 2. The Hall–Kier alpha value is -1.44. The Kier molecular flexibility index (Phi) is 3.96. The van der Waals surface area contributed by atoms with Crippen molar-refractivity contribution in [2.24, 2.45) is 5.92 Å². The highest BCUT2D eigenvalue weighted by molar-refractivity contribution is 7.89. The molecule has 2 bridgehead atoms. The SMILES string of the molecule is COCc1cccc(S(=O)(=O)N2C3CCC2C(C(=O)O)C3)c1. The summed E-state index contributed by atoms with van der Waals surface area (Å²) in [7, 11) is -2.11. The molecule has 0 amide bonds. The van der Waals surface area contributed by atoms with Crippen molar-refractivity contribution in [2.75, 3.05) is 7.11 Å². The van der Waals surface area contributed by atoms with Crippen LogP contribution in [-0.2, 0) is 26.2 Å². The quantitative estimate of drug-likeness (QED) is 0.886. The summed E-state index contributed by atoms with van der Waals surface area (Å²) < 4.78 is 32.3. The highest BCUT2D eigenvalue weighted by atomic mass is 32.2. The zero-order chi connectivity index (χ0) is 15.9. The van der Waals surface area contributed by atoms with Gasteiger partial charge in [-0.1, -0.05) is 12.1 Å². The van der Waals surface area contributed by atoms with Gasteiger partial charge in [0.15, 0.2) is 0 Å². The van der Waals surface area contributed by atoms with Crippen molar-refractivity contribution in [3.8, 4) is 0 Å². The number of ether oxygens (including phenoxy) is 1. The molecule has 6 nitrogen and oxygen atoms in total. The van der Waals surface area contributed by atoms with Crippen molar-refractivity contribution < 1.29 is 23.1 Å². The summed E-state index contributed by atoms with van der Waals surface area (Å²) in [4.78, 5) is 11.5. The van der Waals surface area contributed by atoms with E-state index < -0.39 is 28.0 Å². The molecule has 1 N–H and O–H groups in total. The first kappa shape index (κ1) is 15.5. The first-order valence-electron chi connectivity index (χ1n) is 7.29. The molecule has 3 rings (SSSR count). The highest BCUT2D eigenvalue weighted by Crippen LogP contribution is 2.45. The van der Waals surface area contributed by atoms with E-state index in [9.17, 15) is 18.3 Å². The number of hydrogen-bond acceptors (Lipinski definition) is 4. The van der Waals surface area contributed by atoms with Crippen LogP contribution in [-0.4, -0.2) is 43.0 Å².